The molecule has 0 aliphatic rings. The van der Waals surface area contributed by atoms with Crippen molar-refractivity contribution < 1.29 is 23.4 Å². The second-order valence-corrected chi connectivity index (χ2v) is 4.45. The highest BCUT2D eigenvalue weighted by molar-refractivity contribution is 9.10. The molecule has 0 saturated heterocycles. The molecule has 0 heterocycles. The molecule has 0 saturated carbocycles. The van der Waals surface area contributed by atoms with Crippen molar-refractivity contribution in [2.45, 2.75) is 0 Å². The molecule has 0 radical (unpaired) electrons. The summed E-state index contributed by atoms with van der Waals surface area (Å²) in [5, 5.41) is 8.80. The summed E-state index contributed by atoms with van der Waals surface area (Å²) in [7, 11) is -6.00. The number of halogens is 5. The molecule has 110 valence electrons. The zero-order valence-corrected chi connectivity index (χ0v) is 12.0. The van der Waals surface area contributed by atoms with Gasteiger partial charge in [-0.3, -0.25) is 0 Å². The van der Waals surface area contributed by atoms with Gasteiger partial charge in [0.05, 0.1) is 4.47 Å². The Morgan fingerprint density at radius 1 is 0.952 bits per heavy atom. The van der Waals surface area contributed by atoms with Gasteiger partial charge >= 0.3 is 14.4 Å². The molecule has 0 atom stereocenters. The molecule has 0 bridgehead atoms. The third kappa shape index (κ3) is 6.76. The number of para-hydroxylation sites is 2. The Hall–Kier alpha value is -2.08. The number of hydrogen-bond acceptors (Lipinski definition) is 2. The van der Waals surface area contributed by atoms with Crippen molar-refractivity contribution in [2.75, 3.05) is 0 Å². The van der Waals surface area contributed by atoms with Gasteiger partial charge in [-0.2, -0.15) is 0 Å². The number of ether oxygens (including phenoxy) is 1. The Bertz CT molecular complexity index is 646. The molecular weight excluding hydrogens is 355 g/mol. The molecule has 0 fully saturated rings. The average Bonchev–Trinajstić information content (AvgIpc) is 2.40. The highest BCUT2D eigenvalue weighted by Gasteiger charge is 2.20. The summed E-state index contributed by atoms with van der Waals surface area (Å²) >= 11 is 3.38. The maximum atomic E-state index is 9.75. The predicted octanol–water partition coefficient (Wildman–Crippen LogP) is 6.14. The lowest BCUT2D eigenvalue weighted by molar-refractivity contribution is 0.368. The number of rotatable bonds is 2. The smallest absolute Gasteiger partial charge is 0.448 e. The largest absolute Gasteiger partial charge is 1.00 e. The fourth-order valence-electron chi connectivity index (χ4n) is 1.27. The monoisotopic (exact) mass is 363 g/mol. The fourth-order valence-corrected chi connectivity index (χ4v) is 1.64. The summed E-state index contributed by atoms with van der Waals surface area (Å²) in [5.74, 6) is 1.19. The van der Waals surface area contributed by atoms with E-state index in [2.05, 4.69) is 20.9 Å². The number of benzene rings is 2. The van der Waals surface area contributed by atoms with Crippen LogP contribution in [0.3, 0.4) is 0 Å². The fraction of sp³-hybridized carbons (Fsp3) is 0. The summed E-state index contributed by atoms with van der Waals surface area (Å²) in [6.45, 7) is 0. The van der Waals surface area contributed by atoms with E-state index >= 15 is 0 Å². The molecule has 0 aliphatic carbocycles. The van der Waals surface area contributed by atoms with Crippen molar-refractivity contribution in [2.24, 2.45) is 0 Å². The van der Waals surface area contributed by atoms with Gasteiger partial charge in [0.2, 0.25) is 11.1 Å². The van der Waals surface area contributed by atoms with Crippen LogP contribution in [-0.2, 0) is 0 Å². The Kier molecular flexibility index (Phi) is 6.18. The van der Waals surface area contributed by atoms with Crippen LogP contribution in [-0.4, -0.2) is 7.25 Å². The van der Waals surface area contributed by atoms with Crippen molar-refractivity contribution >= 4 is 28.9 Å². The Morgan fingerprint density at radius 3 is 1.95 bits per heavy atom. The van der Waals surface area contributed by atoms with Gasteiger partial charge in [0, 0.05) is 6.07 Å². The molecule has 0 N–H and O–H groups in total. The van der Waals surface area contributed by atoms with Crippen molar-refractivity contribution in [3.05, 3.63) is 58.0 Å². The average molecular weight is 364 g/mol. The zero-order chi connectivity index (χ0) is 15.9. The number of hydrogen-bond donors (Lipinski definition) is 0. The van der Waals surface area contributed by atoms with Crippen LogP contribution in [0.25, 0.3) is 4.98 Å². The van der Waals surface area contributed by atoms with E-state index in [0.29, 0.717) is 17.2 Å². The molecule has 21 heavy (non-hydrogen) atoms. The van der Waals surface area contributed by atoms with E-state index in [1.165, 1.54) is 0 Å². The van der Waals surface area contributed by atoms with Crippen LogP contribution in [0.4, 0.5) is 23.0 Å². The highest BCUT2D eigenvalue weighted by Crippen LogP contribution is 2.34. The van der Waals surface area contributed by atoms with Crippen molar-refractivity contribution in [3.63, 3.8) is 0 Å². The van der Waals surface area contributed by atoms with Gasteiger partial charge in [0.1, 0.15) is 5.75 Å². The summed E-state index contributed by atoms with van der Waals surface area (Å²) in [5.41, 5.74) is 0.401. The van der Waals surface area contributed by atoms with Gasteiger partial charge in [0.25, 0.3) is 0 Å². The molecule has 0 amide bonds. The van der Waals surface area contributed by atoms with E-state index in [1.807, 2.05) is 30.3 Å². The Labute approximate surface area is 127 Å². The summed E-state index contributed by atoms with van der Waals surface area (Å²) in [6, 6.07) is 14.5. The second-order valence-electron chi connectivity index (χ2n) is 3.60. The molecule has 0 spiro atoms. The van der Waals surface area contributed by atoms with Crippen molar-refractivity contribution in [1.29, 1.82) is 5.39 Å². The molecule has 2 rings (SSSR count). The third-order valence-electron chi connectivity index (χ3n) is 2.03. The molecule has 0 aliphatic heterocycles. The van der Waals surface area contributed by atoms with Crippen LogP contribution in [0.15, 0.2) is 53.0 Å². The lowest BCUT2D eigenvalue weighted by Gasteiger charge is -2.04. The first-order valence-corrected chi connectivity index (χ1v) is 6.34. The molecule has 2 aromatic carbocycles. The van der Waals surface area contributed by atoms with Gasteiger partial charge in [0.15, 0.2) is 4.98 Å². The first-order valence-electron chi connectivity index (χ1n) is 5.55. The minimum absolute atomic E-state index is 0. The molecule has 9 heteroatoms. The molecular formula is C12H9BBrF4N2O+. The van der Waals surface area contributed by atoms with Crippen molar-refractivity contribution in [3.8, 4) is 11.5 Å². The van der Waals surface area contributed by atoms with Gasteiger partial charge in [-0.1, -0.05) is 24.3 Å². The van der Waals surface area contributed by atoms with Gasteiger partial charge < -0.3 is 22.0 Å². The zero-order valence-electron chi connectivity index (χ0n) is 11.4. The van der Waals surface area contributed by atoms with Gasteiger partial charge in [-0.15, -0.1) is 0 Å². The third-order valence-corrected chi connectivity index (χ3v) is 2.68. The number of nitrogens with zero attached hydrogens (tertiary/aromatic N) is 2. The van der Waals surface area contributed by atoms with Crippen LogP contribution >= 0.6 is 15.9 Å². The normalized spacial score (nSPS) is 10.1. The van der Waals surface area contributed by atoms with E-state index in [0.717, 1.165) is 4.47 Å². The predicted molar refractivity (Wildman–Crippen MR) is 76.7 cm³/mol. The van der Waals surface area contributed by atoms with E-state index in [1.54, 1.807) is 18.2 Å². The second kappa shape index (κ2) is 7.64. The van der Waals surface area contributed by atoms with Crippen LogP contribution in [0.5, 0.6) is 11.5 Å². The van der Waals surface area contributed by atoms with E-state index in [-0.39, 0.29) is 1.43 Å². The summed E-state index contributed by atoms with van der Waals surface area (Å²) in [6.07, 6.45) is 0. The molecule has 0 aromatic heterocycles. The quantitative estimate of drug-likeness (QED) is 0.365. The Balaban J connectivity index is 0.000000644. The SMILES string of the molecule is F[B-](F)(F)F.N#[N+]c1ccccc1Oc1ccccc1Br.[H+]. The van der Waals surface area contributed by atoms with Gasteiger partial charge in [-0.05, 0) is 34.1 Å². The van der Waals surface area contributed by atoms with Crippen LogP contribution in [0, 0.1) is 5.39 Å². The maximum Gasteiger partial charge on any atom is 1.00 e. The van der Waals surface area contributed by atoms with E-state index < -0.39 is 7.25 Å². The van der Waals surface area contributed by atoms with Crippen LogP contribution in [0.2, 0.25) is 0 Å². The number of diazo groups is 1. The molecule has 3 nitrogen and oxygen atoms in total. The summed E-state index contributed by atoms with van der Waals surface area (Å²) in [4.78, 5) is 3.16. The van der Waals surface area contributed by atoms with Crippen LogP contribution < -0.4 is 4.74 Å². The first kappa shape index (κ1) is 17.0. The molecule has 0 unspecified atom stereocenters. The topological polar surface area (TPSA) is 37.4 Å². The maximum absolute atomic E-state index is 9.75. The standard InChI is InChI=1S/C12H8BrN2O.BF4/c13-9-5-1-3-7-11(9)16-12-8-4-2-6-10(12)15-14;2-1(3,4)5/h1-8H;/q+1;-1/p+1. The summed E-state index contributed by atoms with van der Waals surface area (Å²) < 4.78 is 45.5. The van der Waals surface area contributed by atoms with Crippen molar-refractivity contribution in [1.82, 2.24) is 0 Å². The minimum atomic E-state index is -6.00. The lowest BCUT2D eigenvalue weighted by Crippen LogP contribution is -2.02. The minimum Gasteiger partial charge on any atom is -0.448 e. The highest BCUT2D eigenvalue weighted by atomic mass is 79.9. The Morgan fingerprint density at radius 2 is 1.43 bits per heavy atom. The van der Waals surface area contributed by atoms with E-state index in [9.17, 15) is 17.3 Å². The molecule has 2 aromatic rings. The first-order chi connectivity index (χ1) is 9.81. The van der Waals surface area contributed by atoms with E-state index in [4.69, 9.17) is 10.1 Å². The lowest BCUT2D eigenvalue weighted by atomic mass is 10.3. The van der Waals surface area contributed by atoms with Gasteiger partial charge in [-0.25, -0.2) is 0 Å². The van der Waals surface area contributed by atoms with Crippen LogP contribution in [0.1, 0.15) is 1.43 Å².